The lowest BCUT2D eigenvalue weighted by Gasteiger charge is -2.24. The number of benzene rings is 3. The predicted molar refractivity (Wildman–Crippen MR) is 120 cm³/mol. The van der Waals surface area contributed by atoms with Crippen LogP contribution in [0.4, 0.5) is 17.6 Å². The zero-order valence-electron chi connectivity index (χ0n) is 16.7. The van der Waals surface area contributed by atoms with Gasteiger partial charge in [0.1, 0.15) is 0 Å². The lowest BCUT2D eigenvalue weighted by Crippen LogP contribution is -2.27. The van der Waals surface area contributed by atoms with Crippen molar-refractivity contribution in [1.29, 1.82) is 0 Å². The molecule has 4 N–H and O–H groups in total. The van der Waals surface area contributed by atoms with Crippen molar-refractivity contribution in [2.24, 2.45) is 0 Å². The monoisotopic (exact) mass is 396 g/mol. The largest absolute Gasteiger partial charge is 0.368 e. The average molecular weight is 396 g/mol. The van der Waals surface area contributed by atoms with E-state index in [4.69, 9.17) is 5.73 Å². The highest BCUT2D eigenvalue weighted by Gasteiger charge is 2.20. The summed E-state index contributed by atoms with van der Waals surface area (Å²) < 4.78 is 0. The van der Waals surface area contributed by atoms with E-state index in [0.717, 1.165) is 5.69 Å². The Kier molecular flexibility index (Phi) is 5.96. The van der Waals surface area contributed by atoms with Crippen LogP contribution in [-0.4, -0.2) is 15.0 Å². The summed E-state index contributed by atoms with van der Waals surface area (Å²) >= 11 is 0. The van der Waals surface area contributed by atoms with E-state index in [0.29, 0.717) is 11.8 Å². The van der Waals surface area contributed by atoms with Gasteiger partial charge >= 0.3 is 0 Å². The number of hydrogen-bond donors (Lipinski definition) is 3. The summed E-state index contributed by atoms with van der Waals surface area (Å²) in [5, 5.41) is 6.83. The highest BCUT2D eigenvalue weighted by molar-refractivity contribution is 5.53. The van der Waals surface area contributed by atoms with Gasteiger partial charge in [0.05, 0.1) is 12.1 Å². The van der Waals surface area contributed by atoms with Gasteiger partial charge in [-0.15, -0.1) is 0 Å². The molecule has 1 aromatic heterocycles. The number of nitrogen functional groups attached to an aromatic ring is 1. The van der Waals surface area contributed by atoms with Crippen molar-refractivity contribution in [2.45, 2.75) is 19.0 Å². The van der Waals surface area contributed by atoms with E-state index in [1.165, 1.54) is 11.1 Å². The Bertz CT molecular complexity index is 1030. The molecular formula is C24H24N6. The number of anilines is 3. The minimum absolute atomic E-state index is 0.00841. The molecule has 0 fully saturated rings. The average Bonchev–Trinajstić information content (AvgIpc) is 2.79. The molecule has 6 nitrogen and oxygen atoms in total. The number of para-hydroxylation sites is 1. The lowest BCUT2D eigenvalue weighted by molar-refractivity contribution is 0.495. The Balaban J connectivity index is 1.60. The minimum Gasteiger partial charge on any atom is -0.368 e. The zero-order valence-corrected chi connectivity index (χ0v) is 16.7. The maximum absolute atomic E-state index is 5.97. The van der Waals surface area contributed by atoms with Crippen LogP contribution < -0.4 is 16.4 Å². The van der Waals surface area contributed by atoms with Crippen LogP contribution >= 0.6 is 0 Å². The molecule has 4 aromatic rings. The Morgan fingerprint density at radius 3 is 1.80 bits per heavy atom. The third-order valence-electron chi connectivity index (χ3n) is 4.77. The van der Waals surface area contributed by atoms with Crippen molar-refractivity contribution >= 4 is 17.6 Å². The molecule has 0 amide bonds. The van der Waals surface area contributed by atoms with Gasteiger partial charge in [-0.3, -0.25) is 5.32 Å². The molecule has 0 aliphatic carbocycles. The van der Waals surface area contributed by atoms with Crippen molar-refractivity contribution in [2.75, 3.05) is 11.1 Å². The highest BCUT2D eigenvalue weighted by atomic mass is 15.2. The van der Waals surface area contributed by atoms with Gasteiger partial charge in [0.15, 0.2) is 5.82 Å². The molecular weight excluding hydrogens is 372 g/mol. The van der Waals surface area contributed by atoms with Gasteiger partial charge in [-0.1, -0.05) is 78.9 Å². The third-order valence-corrected chi connectivity index (χ3v) is 4.77. The van der Waals surface area contributed by atoms with Gasteiger partial charge in [0.25, 0.3) is 0 Å². The summed E-state index contributed by atoms with van der Waals surface area (Å²) in [5.74, 6) is 1.19. The second-order valence-corrected chi connectivity index (χ2v) is 7.01. The standard InChI is InChI=1S/C24H24N6/c1-17(22-28-23(25)30-24(29-22)27-20-15-9-4-10-16-20)26-21(18-11-5-2-6-12-18)19-13-7-3-8-14-19/h2-17,21,26H,1H3,(H3,25,27,28,29,30). The fourth-order valence-corrected chi connectivity index (χ4v) is 3.31. The number of nitrogens with two attached hydrogens (primary N) is 1. The smallest absolute Gasteiger partial charge is 0.232 e. The Morgan fingerprint density at radius 2 is 1.23 bits per heavy atom. The van der Waals surface area contributed by atoms with E-state index in [1.807, 2.05) is 73.7 Å². The van der Waals surface area contributed by atoms with Gasteiger partial charge in [0, 0.05) is 5.69 Å². The first-order valence-electron chi connectivity index (χ1n) is 9.88. The minimum atomic E-state index is -0.156. The zero-order chi connectivity index (χ0) is 20.8. The molecule has 1 atom stereocenters. The van der Waals surface area contributed by atoms with Crippen LogP contribution in [0.2, 0.25) is 0 Å². The van der Waals surface area contributed by atoms with Gasteiger partial charge in [-0.2, -0.15) is 15.0 Å². The van der Waals surface area contributed by atoms with Crippen LogP contribution in [0.3, 0.4) is 0 Å². The van der Waals surface area contributed by atoms with Crippen LogP contribution in [0.5, 0.6) is 0 Å². The van der Waals surface area contributed by atoms with E-state index in [9.17, 15) is 0 Å². The molecule has 6 heteroatoms. The fraction of sp³-hybridized carbons (Fsp3) is 0.125. The molecule has 150 valence electrons. The number of nitrogens with zero attached hydrogens (tertiary/aromatic N) is 3. The summed E-state index contributed by atoms with van der Waals surface area (Å²) in [7, 11) is 0. The first-order chi connectivity index (χ1) is 14.7. The molecule has 0 saturated heterocycles. The number of rotatable bonds is 7. The third kappa shape index (κ3) is 4.79. The number of aromatic nitrogens is 3. The molecule has 30 heavy (non-hydrogen) atoms. The van der Waals surface area contributed by atoms with E-state index < -0.39 is 0 Å². The molecule has 1 unspecified atom stereocenters. The molecule has 0 aliphatic heterocycles. The Hall–Kier alpha value is -3.77. The van der Waals surface area contributed by atoms with E-state index in [-0.39, 0.29) is 18.0 Å². The Morgan fingerprint density at radius 1 is 0.700 bits per heavy atom. The van der Waals surface area contributed by atoms with Gasteiger partial charge in [-0.05, 0) is 30.2 Å². The molecule has 0 bridgehead atoms. The van der Waals surface area contributed by atoms with Gasteiger partial charge in [-0.25, -0.2) is 0 Å². The quantitative estimate of drug-likeness (QED) is 0.422. The second-order valence-electron chi connectivity index (χ2n) is 7.01. The summed E-state index contributed by atoms with van der Waals surface area (Å²) in [6.07, 6.45) is 0. The van der Waals surface area contributed by atoms with Gasteiger partial charge in [0.2, 0.25) is 11.9 Å². The van der Waals surface area contributed by atoms with Crippen LogP contribution in [-0.2, 0) is 0 Å². The maximum atomic E-state index is 5.97. The highest BCUT2D eigenvalue weighted by Crippen LogP contribution is 2.25. The SMILES string of the molecule is CC(NC(c1ccccc1)c1ccccc1)c1nc(N)nc(Nc2ccccc2)n1. The molecule has 1 heterocycles. The normalized spacial score (nSPS) is 11.9. The number of hydrogen-bond acceptors (Lipinski definition) is 6. The van der Waals surface area contributed by atoms with E-state index >= 15 is 0 Å². The summed E-state index contributed by atoms with van der Waals surface area (Å²) in [6, 6.07) is 30.2. The summed E-state index contributed by atoms with van der Waals surface area (Å²) in [5.41, 5.74) is 9.20. The summed E-state index contributed by atoms with van der Waals surface area (Å²) in [6.45, 7) is 2.03. The van der Waals surface area contributed by atoms with Crippen molar-refractivity contribution in [1.82, 2.24) is 20.3 Å². The van der Waals surface area contributed by atoms with Crippen molar-refractivity contribution in [3.05, 3.63) is 108 Å². The molecule has 0 spiro atoms. The molecule has 3 aromatic carbocycles. The topological polar surface area (TPSA) is 88.8 Å². The Labute approximate surface area is 176 Å². The van der Waals surface area contributed by atoms with Crippen LogP contribution in [0.1, 0.15) is 36.0 Å². The molecule has 0 radical (unpaired) electrons. The van der Waals surface area contributed by atoms with E-state index in [2.05, 4.69) is 49.9 Å². The fourth-order valence-electron chi connectivity index (χ4n) is 3.31. The van der Waals surface area contributed by atoms with Crippen molar-refractivity contribution in [3.63, 3.8) is 0 Å². The van der Waals surface area contributed by atoms with Crippen LogP contribution in [0.25, 0.3) is 0 Å². The molecule has 4 rings (SSSR count). The van der Waals surface area contributed by atoms with E-state index in [1.54, 1.807) is 0 Å². The summed E-state index contributed by atoms with van der Waals surface area (Å²) in [4.78, 5) is 13.2. The van der Waals surface area contributed by atoms with Crippen LogP contribution in [0.15, 0.2) is 91.0 Å². The predicted octanol–water partition coefficient (Wildman–Crippen LogP) is 4.64. The number of nitrogens with one attached hydrogen (secondary N) is 2. The maximum Gasteiger partial charge on any atom is 0.232 e. The molecule has 0 saturated carbocycles. The van der Waals surface area contributed by atoms with Crippen molar-refractivity contribution < 1.29 is 0 Å². The van der Waals surface area contributed by atoms with Gasteiger partial charge < -0.3 is 11.1 Å². The molecule has 0 aliphatic rings. The first kappa shape index (κ1) is 19.5. The lowest BCUT2D eigenvalue weighted by atomic mass is 9.98. The van der Waals surface area contributed by atoms with Crippen LogP contribution in [0, 0.1) is 0 Å². The van der Waals surface area contributed by atoms with Crippen molar-refractivity contribution in [3.8, 4) is 0 Å². The first-order valence-corrected chi connectivity index (χ1v) is 9.88. The second kappa shape index (κ2) is 9.15.